The van der Waals surface area contributed by atoms with Gasteiger partial charge in [-0.2, -0.15) is 0 Å². The molecule has 15 heavy (non-hydrogen) atoms. The van der Waals surface area contributed by atoms with E-state index in [1.54, 1.807) is 12.1 Å². The van der Waals surface area contributed by atoms with Crippen molar-refractivity contribution < 1.29 is 9.18 Å². The maximum atomic E-state index is 12.8. The van der Waals surface area contributed by atoms with Gasteiger partial charge in [-0.15, -0.1) is 12.4 Å². The highest BCUT2D eigenvalue weighted by Crippen LogP contribution is 2.06. The van der Waals surface area contributed by atoms with Gasteiger partial charge >= 0.3 is 0 Å². The summed E-state index contributed by atoms with van der Waals surface area (Å²) in [5.74, 6) is -0.376. The number of ketones is 1. The summed E-state index contributed by atoms with van der Waals surface area (Å²) in [6, 6.07) is 5.81. The van der Waals surface area contributed by atoms with Gasteiger partial charge in [-0.1, -0.05) is 12.1 Å². The van der Waals surface area contributed by atoms with Crippen LogP contribution in [0.15, 0.2) is 24.3 Å². The van der Waals surface area contributed by atoms with E-state index in [2.05, 4.69) is 0 Å². The molecule has 0 unspecified atom stereocenters. The number of rotatable bonds is 4. The van der Waals surface area contributed by atoms with Gasteiger partial charge in [-0.3, -0.25) is 4.79 Å². The summed E-state index contributed by atoms with van der Waals surface area (Å²) < 4.78 is 12.8. The second-order valence-corrected chi connectivity index (χ2v) is 3.49. The first kappa shape index (κ1) is 14.1. The first-order valence-corrected chi connectivity index (χ1v) is 4.53. The fourth-order valence-electron chi connectivity index (χ4n) is 1.13. The van der Waals surface area contributed by atoms with Gasteiger partial charge < -0.3 is 4.90 Å². The molecule has 0 bridgehead atoms. The minimum absolute atomic E-state index is 0. The molecule has 84 valence electrons. The van der Waals surface area contributed by atoms with Crippen molar-refractivity contribution in [2.45, 2.75) is 6.42 Å². The summed E-state index contributed by atoms with van der Waals surface area (Å²) in [7, 11) is 3.80. The van der Waals surface area contributed by atoms with Gasteiger partial charge in [0, 0.05) is 18.5 Å². The number of halogens is 2. The van der Waals surface area contributed by atoms with Crippen molar-refractivity contribution in [3.63, 3.8) is 0 Å². The number of carbonyl (C=O) groups excluding carboxylic acids is 1. The van der Waals surface area contributed by atoms with Gasteiger partial charge in [0.15, 0.2) is 5.78 Å². The lowest BCUT2D eigenvalue weighted by atomic mass is 10.1. The van der Waals surface area contributed by atoms with E-state index in [4.69, 9.17) is 0 Å². The molecule has 0 radical (unpaired) electrons. The summed E-state index contributed by atoms with van der Waals surface area (Å²) in [6.45, 7) is 0.690. The third kappa shape index (κ3) is 4.91. The molecule has 0 amide bonds. The molecule has 0 N–H and O–H groups in total. The van der Waals surface area contributed by atoms with Crippen LogP contribution in [0, 0.1) is 5.82 Å². The van der Waals surface area contributed by atoms with E-state index in [9.17, 15) is 9.18 Å². The Hall–Kier alpha value is -0.930. The largest absolute Gasteiger partial charge is 0.309 e. The molecule has 0 saturated carbocycles. The third-order valence-corrected chi connectivity index (χ3v) is 1.93. The van der Waals surface area contributed by atoms with Crippen LogP contribution in [0.1, 0.15) is 16.8 Å². The van der Waals surface area contributed by atoms with Crippen molar-refractivity contribution in [3.05, 3.63) is 35.6 Å². The van der Waals surface area contributed by atoms with Gasteiger partial charge in [-0.05, 0) is 26.2 Å². The summed E-state index contributed by atoms with van der Waals surface area (Å²) in [6.07, 6.45) is 0.427. The highest BCUT2D eigenvalue weighted by Gasteiger charge is 2.06. The molecule has 0 spiro atoms. The Morgan fingerprint density at radius 3 is 2.60 bits per heavy atom. The van der Waals surface area contributed by atoms with E-state index < -0.39 is 0 Å². The Morgan fingerprint density at radius 2 is 2.07 bits per heavy atom. The number of benzene rings is 1. The topological polar surface area (TPSA) is 20.3 Å². The van der Waals surface area contributed by atoms with Gasteiger partial charge in [0.1, 0.15) is 5.82 Å². The first-order chi connectivity index (χ1) is 6.59. The molecule has 0 aliphatic heterocycles. The number of nitrogens with zero attached hydrogens (tertiary/aromatic N) is 1. The van der Waals surface area contributed by atoms with Crippen LogP contribution < -0.4 is 0 Å². The molecule has 0 saturated heterocycles. The van der Waals surface area contributed by atoms with Crippen LogP contribution in [0.3, 0.4) is 0 Å². The predicted molar refractivity (Wildman–Crippen MR) is 61.1 cm³/mol. The molecule has 1 aromatic carbocycles. The Labute approximate surface area is 95.5 Å². The normalized spacial score (nSPS) is 9.87. The van der Waals surface area contributed by atoms with E-state index in [0.29, 0.717) is 18.5 Å². The molecule has 2 nitrogen and oxygen atoms in total. The van der Waals surface area contributed by atoms with Crippen molar-refractivity contribution in [3.8, 4) is 0 Å². The van der Waals surface area contributed by atoms with Crippen LogP contribution in [0.2, 0.25) is 0 Å². The quantitative estimate of drug-likeness (QED) is 0.742. The number of hydrogen-bond acceptors (Lipinski definition) is 2. The zero-order valence-electron chi connectivity index (χ0n) is 8.87. The van der Waals surface area contributed by atoms with Crippen LogP contribution in [-0.2, 0) is 0 Å². The molecule has 0 aromatic heterocycles. The Kier molecular flexibility index (Phi) is 6.13. The average Bonchev–Trinajstić information content (AvgIpc) is 2.14. The number of hydrogen-bond donors (Lipinski definition) is 0. The highest BCUT2D eigenvalue weighted by molar-refractivity contribution is 5.96. The van der Waals surface area contributed by atoms with E-state index in [0.717, 1.165) is 0 Å². The Morgan fingerprint density at radius 1 is 1.40 bits per heavy atom. The maximum absolute atomic E-state index is 12.8. The van der Waals surface area contributed by atoms with Crippen LogP contribution >= 0.6 is 12.4 Å². The molecule has 4 heteroatoms. The average molecular weight is 232 g/mol. The van der Waals surface area contributed by atoms with Crippen molar-refractivity contribution in [1.82, 2.24) is 4.90 Å². The van der Waals surface area contributed by atoms with Crippen LogP contribution in [0.5, 0.6) is 0 Å². The molecule has 0 heterocycles. The minimum atomic E-state index is -0.360. The summed E-state index contributed by atoms with van der Waals surface area (Å²) in [5, 5.41) is 0. The molecule has 1 rings (SSSR count). The molecular formula is C11H15ClFNO. The van der Waals surface area contributed by atoms with E-state index in [1.165, 1.54) is 12.1 Å². The standard InChI is InChI=1S/C11H14FNO.ClH/c1-13(2)7-6-11(14)9-4-3-5-10(12)8-9;/h3-5,8H,6-7H2,1-2H3;1H. The third-order valence-electron chi connectivity index (χ3n) is 1.93. The van der Waals surface area contributed by atoms with E-state index in [1.807, 2.05) is 19.0 Å². The zero-order valence-corrected chi connectivity index (χ0v) is 9.68. The Balaban J connectivity index is 0.00000196. The zero-order chi connectivity index (χ0) is 10.6. The second kappa shape index (κ2) is 6.53. The van der Waals surface area contributed by atoms with E-state index >= 15 is 0 Å². The van der Waals surface area contributed by atoms with Gasteiger partial charge in [-0.25, -0.2) is 4.39 Å². The van der Waals surface area contributed by atoms with Crippen molar-refractivity contribution in [2.75, 3.05) is 20.6 Å². The van der Waals surface area contributed by atoms with Crippen LogP contribution in [0.4, 0.5) is 4.39 Å². The highest BCUT2D eigenvalue weighted by atomic mass is 35.5. The van der Waals surface area contributed by atoms with Gasteiger partial charge in [0.2, 0.25) is 0 Å². The van der Waals surface area contributed by atoms with E-state index in [-0.39, 0.29) is 24.0 Å². The van der Waals surface area contributed by atoms with Crippen LogP contribution in [0.25, 0.3) is 0 Å². The minimum Gasteiger partial charge on any atom is -0.309 e. The monoisotopic (exact) mass is 231 g/mol. The fraction of sp³-hybridized carbons (Fsp3) is 0.364. The summed E-state index contributed by atoms with van der Waals surface area (Å²) in [5.41, 5.74) is 0.451. The lowest BCUT2D eigenvalue weighted by Crippen LogP contribution is -2.16. The molecule has 0 aliphatic carbocycles. The molecule has 1 aromatic rings. The Bertz CT molecular complexity index is 328. The SMILES string of the molecule is CN(C)CCC(=O)c1cccc(F)c1.Cl. The van der Waals surface area contributed by atoms with Gasteiger partial charge in [0.25, 0.3) is 0 Å². The smallest absolute Gasteiger partial charge is 0.164 e. The maximum Gasteiger partial charge on any atom is 0.164 e. The number of Topliss-reactive ketones (excluding diaryl/α,β-unsaturated/α-hetero) is 1. The first-order valence-electron chi connectivity index (χ1n) is 4.53. The van der Waals surface area contributed by atoms with Crippen molar-refractivity contribution in [2.24, 2.45) is 0 Å². The van der Waals surface area contributed by atoms with Crippen molar-refractivity contribution >= 4 is 18.2 Å². The number of carbonyl (C=O) groups is 1. The molecule has 0 fully saturated rings. The molecular weight excluding hydrogens is 217 g/mol. The molecule has 0 atom stereocenters. The second-order valence-electron chi connectivity index (χ2n) is 3.49. The lowest BCUT2D eigenvalue weighted by Gasteiger charge is -2.08. The van der Waals surface area contributed by atoms with Crippen molar-refractivity contribution in [1.29, 1.82) is 0 Å². The van der Waals surface area contributed by atoms with Crippen LogP contribution in [-0.4, -0.2) is 31.3 Å². The fourth-order valence-corrected chi connectivity index (χ4v) is 1.13. The summed E-state index contributed by atoms with van der Waals surface area (Å²) in [4.78, 5) is 13.4. The summed E-state index contributed by atoms with van der Waals surface area (Å²) >= 11 is 0. The predicted octanol–water partition coefficient (Wildman–Crippen LogP) is 2.38. The molecule has 0 aliphatic rings. The lowest BCUT2D eigenvalue weighted by molar-refractivity contribution is 0.0972. The van der Waals surface area contributed by atoms with Gasteiger partial charge in [0.05, 0.1) is 0 Å².